The highest BCUT2D eigenvalue weighted by Gasteiger charge is 1.84. The van der Waals surface area contributed by atoms with Crippen LogP contribution in [-0.2, 0) is 10.4 Å². The monoisotopic (exact) mass is 204 g/mol. The first-order chi connectivity index (χ1) is 4.91. The van der Waals surface area contributed by atoms with Gasteiger partial charge < -0.3 is 0 Å². The van der Waals surface area contributed by atoms with Crippen molar-refractivity contribution in [3.05, 3.63) is 0 Å². The minimum absolute atomic E-state index is 0.827. The zero-order chi connectivity index (χ0) is 9.33. The summed E-state index contributed by atoms with van der Waals surface area (Å²) in [6, 6.07) is 0. The topological polar surface area (TPSA) is 74.6 Å². The largest absolute Gasteiger partial charge is 0.394 e. The van der Waals surface area contributed by atoms with E-state index in [1.807, 2.05) is 0 Å². The number of hydrogen-bond acceptors (Lipinski definition) is 2. The minimum Gasteiger partial charge on any atom is -0.264 e. The van der Waals surface area contributed by atoms with Crippen LogP contribution < -0.4 is 0 Å². The summed E-state index contributed by atoms with van der Waals surface area (Å²) in [5, 5.41) is 0. The fourth-order valence-electron chi connectivity index (χ4n) is 0.344. The molecule has 0 bridgehead atoms. The fourth-order valence-corrected chi connectivity index (χ4v) is 0.533. The molecular weight excluding hydrogens is 192 g/mol. The van der Waals surface area contributed by atoms with Gasteiger partial charge in [-0.15, -0.1) is 11.6 Å². The summed E-state index contributed by atoms with van der Waals surface area (Å²) in [7, 11) is -4.67. The van der Waals surface area contributed by atoms with Crippen molar-refractivity contribution in [1.82, 2.24) is 0 Å². The highest BCUT2D eigenvalue weighted by atomic mass is 35.5. The van der Waals surface area contributed by atoms with Gasteiger partial charge in [-0.05, 0) is 6.42 Å². The Morgan fingerprint density at radius 1 is 1.27 bits per heavy atom. The van der Waals surface area contributed by atoms with Gasteiger partial charge in [0.25, 0.3) is 0 Å². The van der Waals surface area contributed by atoms with Gasteiger partial charge in [-0.3, -0.25) is 9.11 Å². The second-order valence-corrected chi connectivity index (χ2v) is 3.12. The van der Waals surface area contributed by atoms with Crippen molar-refractivity contribution in [3.8, 4) is 0 Å². The molecule has 0 heterocycles. The van der Waals surface area contributed by atoms with E-state index in [0.29, 0.717) is 0 Å². The first kappa shape index (κ1) is 13.7. The maximum Gasteiger partial charge on any atom is 0.394 e. The minimum atomic E-state index is -4.67. The lowest BCUT2D eigenvalue weighted by Crippen LogP contribution is -1.89. The van der Waals surface area contributed by atoms with Gasteiger partial charge >= 0.3 is 10.4 Å². The Morgan fingerprint density at radius 3 is 1.73 bits per heavy atom. The van der Waals surface area contributed by atoms with Crippen LogP contribution >= 0.6 is 11.6 Å². The van der Waals surface area contributed by atoms with Crippen LogP contribution in [0.1, 0.15) is 26.2 Å². The van der Waals surface area contributed by atoms with Crippen LogP contribution in [0.2, 0.25) is 0 Å². The van der Waals surface area contributed by atoms with Crippen molar-refractivity contribution < 1.29 is 17.5 Å². The predicted octanol–water partition coefficient (Wildman–Crippen LogP) is 1.76. The van der Waals surface area contributed by atoms with Gasteiger partial charge in [0.05, 0.1) is 0 Å². The molecule has 6 heteroatoms. The lowest BCUT2D eigenvalue weighted by atomic mass is 10.3. The van der Waals surface area contributed by atoms with Gasteiger partial charge in [-0.2, -0.15) is 8.42 Å². The predicted molar refractivity (Wildman–Crippen MR) is 44.4 cm³/mol. The molecule has 0 rings (SSSR count). The summed E-state index contributed by atoms with van der Waals surface area (Å²) in [6.45, 7) is 2.17. The SMILES string of the molecule is CCCCCCl.O=S(=O)(O)O. The van der Waals surface area contributed by atoms with Crippen molar-refractivity contribution in [2.24, 2.45) is 0 Å². The van der Waals surface area contributed by atoms with Crippen LogP contribution in [0.15, 0.2) is 0 Å². The molecule has 0 aliphatic carbocycles. The molecule has 0 spiro atoms. The molecule has 0 radical (unpaired) electrons. The first-order valence-electron chi connectivity index (χ1n) is 3.17. The molecule has 4 nitrogen and oxygen atoms in total. The zero-order valence-electron chi connectivity index (χ0n) is 6.33. The van der Waals surface area contributed by atoms with E-state index >= 15 is 0 Å². The fraction of sp³-hybridized carbons (Fsp3) is 1.00. The van der Waals surface area contributed by atoms with Crippen LogP contribution in [0.5, 0.6) is 0 Å². The van der Waals surface area contributed by atoms with Gasteiger partial charge in [0.1, 0.15) is 0 Å². The number of hydrogen-bond donors (Lipinski definition) is 2. The molecule has 0 aliphatic rings. The van der Waals surface area contributed by atoms with Crippen LogP contribution in [0, 0.1) is 0 Å². The van der Waals surface area contributed by atoms with Crippen molar-refractivity contribution >= 4 is 22.0 Å². The van der Waals surface area contributed by atoms with Crippen LogP contribution in [-0.4, -0.2) is 23.4 Å². The highest BCUT2D eigenvalue weighted by molar-refractivity contribution is 7.79. The van der Waals surface area contributed by atoms with Crippen LogP contribution in [0.25, 0.3) is 0 Å². The molecule has 2 N–H and O–H groups in total. The molecule has 0 unspecified atom stereocenters. The Balaban J connectivity index is 0. The lowest BCUT2D eigenvalue weighted by molar-refractivity contribution is 0.381. The Hall–Kier alpha value is 0.160. The zero-order valence-corrected chi connectivity index (χ0v) is 7.90. The van der Waals surface area contributed by atoms with Gasteiger partial charge in [-0.1, -0.05) is 19.8 Å². The van der Waals surface area contributed by atoms with E-state index in [-0.39, 0.29) is 0 Å². The van der Waals surface area contributed by atoms with E-state index in [2.05, 4.69) is 6.92 Å². The molecule has 0 atom stereocenters. The average molecular weight is 205 g/mol. The van der Waals surface area contributed by atoms with Crippen molar-refractivity contribution in [1.29, 1.82) is 0 Å². The third-order valence-corrected chi connectivity index (χ3v) is 1.00. The van der Waals surface area contributed by atoms with E-state index in [9.17, 15) is 0 Å². The molecule has 70 valence electrons. The summed E-state index contributed by atoms with van der Waals surface area (Å²) in [6.07, 6.45) is 3.73. The molecular formula is C5H13ClO4S. The molecule has 0 saturated carbocycles. The number of halogens is 1. The number of alkyl halides is 1. The summed E-state index contributed by atoms with van der Waals surface area (Å²) >= 11 is 5.38. The van der Waals surface area contributed by atoms with Crippen molar-refractivity contribution in [2.75, 3.05) is 5.88 Å². The molecule has 0 aromatic heterocycles. The maximum absolute atomic E-state index is 8.74. The molecule has 0 amide bonds. The highest BCUT2D eigenvalue weighted by Crippen LogP contribution is 1.93. The second kappa shape index (κ2) is 8.26. The van der Waals surface area contributed by atoms with Crippen molar-refractivity contribution in [3.63, 3.8) is 0 Å². The molecule has 0 aromatic carbocycles. The smallest absolute Gasteiger partial charge is 0.264 e. The Bertz CT molecular complexity index is 142. The summed E-state index contributed by atoms with van der Waals surface area (Å²) in [5.74, 6) is 0.827. The van der Waals surface area contributed by atoms with Crippen LogP contribution in [0.4, 0.5) is 0 Å². The lowest BCUT2D eigenvalue weighted by Gasteiger charge is -1.84. The van der Waals surface area contributed by atoms with Gasteiger partial charge in [0.2, 0.25) is 0 Å². The van der Waals surface area contributed by atoms with E-state index in [0.717, 1.165) is 5.88 Å². The van der Waals surface area contributed by atoms with Gasteiger partial charge in [0.15, 0.2) is 0 Å². The molecule has 0 fully saturated rings. The third kappa shape index (κ3) is 67.7. The Kier molecular flexibility index (Phi) is 10.3. The summed E-state index contributed by atoms with van der Waals surface area (Å²) in [5.41, 5.74) is 0. The average Bonchev–Trinajstić information content (AvgIpc) is 1.79. The quantitative estimate of drug-likeness (QED) is 0.417. The van der Waals surface area contributed by atoms with E-state index < -0.39 is 10.4 Å². The molecule has 0 aromatic rings. The molecule has 11 heavy (non-hydrogen) atoms. The Morgan fingerprint density at radius 2 is 1.64 bits per heavy atom. The Labute approximate surface area is 72.1 Å². The van der Waals surface area contributed by atoms with E-state index in [1.54, 1.807) is 0 Å². The number of rotatable bonds is 3. The normalized spacial score (nSPS) is 10.2. The maximum atomic E-state index is 8.74. The molecule has 0 saturated heterocycles. The van der Waals surface area contributed by atoms with Crippen LogP contribution in [0.3, 0.4) is 0 Å². The summed E-state index contributed by atoms with van der Waals surface area (Å²) < 4.78 is 31.6. The summed E-state index contributed by atoms with van der Waals surface area (Å²) in [4.78, 5) is 0. The van der Waals surface area contributed by atoms with Crippen molar-refractivity contribution in [2.45, 2.75) is 26.2 Å². The van der Waals surface area contributed by atoms with E-state index in [1.165, 1.54) is 19.3 Å². The first-order valence-corrected chi connectivity index (χ1v) is 5.10. The second-order valence-electron chi connectivity index (χ2n) is 1.84. The molecule has 0 aliphatic heterocycles. The third-order valence-electron chi connectivity index (χ3n) is 0.737. The van der Waals surface area contributed by atoms with E-state index in [4.69, 9.17) is 29.1 Å². The van der Waals surface area contributed by atoms with Gasteiger partial charge in [-0.25, -0.2) is 0 Å². The van der Waals surface area contributed by atoms with Gasteiger partial charge in [0, 0.05) is 5.88 Å². The standard InChI is InChI=1S/C5H11Cl.H2O4S/c1-2-3-4-5-6;1-5(2,3)4/h2-5H2,1H3;(H2,1,2,3,4). The number of unbranched alkanes of at least 4 members (excludes halogenated alkanes) is 2.